The maximum atomic E-state index is 5.93. The Bertz CT molecular complexity index is 258. The zero-order valence-electron chi connectivity index (χ0n) is 14.0. The van der Waals surface area contributed by atoms with E-state index in [9.17, 15) is 0 Å². The van der Waals surface area contributed by atoms with Crippen molar-refractivity contribution in [1.29, 1.82) is 0 Å². The molecule has 19 heavy (non-hydrogen) atoms. The van der Waals surface area contributed by atoms with Crippen LogP contribution in [0.3, 0.4) is 0 Å². The number of hydrogen-bond donors (Lipinski definition) is 1. The first kappa shape index (κ1) is 17.0. The standard InChI is InChI=1S/C17H36N2/c1-6-12-19(14-17(4,5)13-18)15-8-7-10-16(2,3)11-9-15/h15H,6-14,18H2,1-5H3. The van der Waals surface area contributed by atoms with Gasteiger partial charge in [0.05, 0.1) is 0 Å². The molecule has 1 aliphatic carbocycles. The molecule has 2 heteroatoms. The predicted molar refractivity (Wildman–Crippen MR) is 85.4 cm³/mol. The SMILES string of the molecule is CCCN(CC(C)(C)CN)C1CCCC(C)(C)CC1. The largest absolute Gasteiger partial charge is 0.330 e. The molecule has 1 rings (SSSR count). The van der Waals surface area contributed by atoms with Crippen molar-refractivity contribution >= 4 is 0 Å². The quantitative estimate of drug-likeness (QED) is 0.737. The van der Waals surface area contributed by atoms with Gasteiger partial charge in [-0.2, -0.15) is 0 Å². The van der Waals surface area contributed by atoms with Crippen LogP contribution in [0.4, 0.5) is 0 Å². The van der Waals surface area contributed by atoms with E-state index in [-0.39, 0.29) is 5.41 Å². The Kier molecular flexibility index (Phi) is 6.32. The van der Waals surface area contributed by atoms with Crippen LogP contribution in [0.2, 0.25) is 0 Å². The third-order valence-corrected chi connectivity index (χ3v) is 4.76. The lowest BCUT2D eigenvalue weighted by Crippen LogP contribution is -2.44. The van der Waals surface area contributed by atoms with Gasteiger partial charge in [0, 0.05) is 12.6 Å². The first-order chi connectivity index (χ1) is 8.79. The smallest absolute Gasteiger partial charge is 0.00956 e. The number of nitrogens with zero attached hydrogens (tertiary/aromatic N) is 1. The average Bonchev–Trinajstić information content (AvgIpc) is 2.50. The normalized spacial score (nSPS) is 24.5. The molecule has 0 bridgehead atoms. The second kappa shape index (κ2) is 7.08. The van der Waals surface area contributed by atoms with Gasteiger partial charge in [0.15, 0.2) is 0 Å². The van der Waals surface area contributed by atoms with E-state index >= 15 is 0 Å². The molecule has 0 aromatic rings. The summed E-state index contributed by atoms with van der Waals surface area (Å²) < 4.78 is 0. The van der Waals surface area contributed by atoms with E-state index < -0.39 is 0 Å². The maximum absolute atomic E-state index is 5.93. The van der Waals surface area contributed by atoms with Gasteiger partial charge < -0.3 is 5.73 Å². The molecule has 1 fully saturated rings. The Hall–Kier alpha value is -0.0800. The van der Waals surface area contributed by atoms with Crippen LogP contribution in [-0.2, 0) is 0 Å². The second-order valence-corrected chi connectivity index (χ2v) is 8.09. The Balaban J connectivity index is 2.65. The summed E-state index contributed by atoms with van der Waals surface area (Å²) in [6.45, 7) is 14.9. The van der Waals surface area contributed by atoms with Crippen molar-refractivity contribution in [2.45, 2.75) is 79.2 Å². The van der Waals surface area contributed by atoms with Crippen molar-refractivity contribution in [3.05, 3.63) is 0 Å². The van der Waals surface area contributed by atoms with Crippen molar-refractivity contribution < 1.29 is 0 Å². The van der Waals surface area contributed by atoms with Crippen molar-refractivity contribution in [2.24, 2.45) is 16.6 Å². The summed E-state index contributed by atoms with van der Waals surface area (Å²) in [6, 6.07) is 0.785. The van der Waals surface area contributed by atoms with E-state index in [1.165, 1.54) is 45.1 Å². The van der Waals surface area contributed by atoms with Crippen LogP contribution in [0.1, 0.15) is 73.1 Å². The van der Waals surface area contributed by atoms with Gasteiger partial charge in [-0.25, -0.2) is 0 Å². The van der Waals surface area contributed by atoms with Crippen LogP contribution in [0, 0.1) is 10.8 Å². The van der Waals surface area contributed by atoms with Crippen molar-refractivity contribution in [3.63, 3.8) is 0 Å². The van der Waals surface area contributed by atoms with Gasteiger partial charge in [-0.1, -0.05) is 41.0 Å². The summed E-state index contributed by atoms with van der Waals surface area (Å²) in [5.41, 5.74) is 6.73. The molecule has 0 aliphatic heterocycles. The summed E-state index contributed by atoms with van der Waals surface area (Å²) >= 11 is 0. The van der Waals surface area contributed by atoms with Gasteiger partial charge in [0.25, 0.3) is 0 Å². The molecule has 0 saturated heterocycles. The molecule has 0 amide bonds. The lowest BCUT2D eigenvalue weighted by molar-refractivity contribution is 0.119. The van der Waals surface area contributed by atoms with E-state index in [4.69, 9.17) is 5.73 Å². The molecular weight excluding hydrogens is 232 g/mol. The molecule has 0 aromatic carbocycles. The highest BCUT2D eigenvalue weighted by molar-refractivity contribution is 4.84. The Labute approximate surface area is 121 Å². The number of rotatable bonds is 6. The van der Waals surface area contributed by atoms with Crippen molar-refractivity contribution in [1.82, 2.24) is 4.90 Å². The van der Waals surface area contributed by atoms with Gasteiger partial charge in [0.1, 0.15) is 0 Å². The van der Waals surface area contributed by atoms with Gasteiger partial charge in [-0.3, -0.25) is 4.90 Å². The van der Waals surface area contributed by atoms with E-state index in [2.05, 4.69) is 39.5 Å². The minimum Gasteiger partial charge on any atom is -0.330 e. The van der Waals surface area contributed by atoms with E-state index in [0.717, 1.165) is 19.1 Å². The Morgan fingerprint density at radius 3 is 2.47 bits per heavy atom. The molecule has 114 valence electrons. The molecule has 0 spiro atoms. The van der Waals surface area contributed by atoms with Crippen LogP contribution in [0.5, 0.6) is 0 Å². The van der Waals surface area contributed by atoms with Gasteiger partial charge in [-0.15, -0.1) is 0 Å². The molecule has 0 radical (unpaired) electrons. The summed E-state index contributed by atoms with van der Waals surface area (Å²) in [4.78, 5) is 2.73. The molecule has 0 heterocycles. The van der Waals surface area contributed by atoms with Crippen molar-refractivity contribution in [2.75, 3.05) is 19.6 Å². The third kappa shape index (κ3) is 5.83. The lowest BCUT2D eigenvalue weighted by Gasteiger charge is -2.37. The Morgan fingerprint density at radius 1 is 1.21 bits per heavy atom. The number of nitrogens with two attached hydrogens (primary N) is 1. The van der Waals surface area contributed by atoms with Gasteiger partial charge >= 0.3 is 0 Å². The zero-order valence-corrected chi connectivity index (χ0v) is 14.0. The first-order valence-electron chi connectivity index (χ1n) is 8.24. The van der Waals surface area contributed by atoms with Crippen LogP contribution >= 0.6 is 0 Å². The van der Waals surface area contributed by atoms with Crippen LogP contribution in [-0.4, -0.2) is 30.6 Å². The first-order valence-corrected chi connectivity index (χ1v) is 8.24. The van der Waals surface area contributed by atoms with Crippen molar-refractivity contribution in [3.8, 4) is 0 Å². The monoisotopic (exact) mass is 268 g/mol. The highest BCUT2D eigenvalue weighted by atomic mass is 15.2. The highest BCUT2D eigenvalue weighted by Crippen LogP contribution is 2.36. The van der Waals surface area contributed by atoms with Crippen LogP contribution in [0.15, 0.2) is 0 Å². The fourth-order valence-electron chi connectivity index (χ4n) is 3.30. The van der Waals surface area contributed by atoms with Gasteiger partial charge in [-0.05, 0) is 56.0 Å². The fourth-order valence-corrected chi connectivity index (χ4v) is 3.30. The highest BCUT2D eigenvalue weighted by Gasteiger charge is 2.29. The fraction of sp³-hybridized carbons (Fsp3) is 1.00. The summed E-state index contributed by atoms with van der Waals surface area (Å²) in [5, 5.41) is 0. The minimum atomic E-state index is 0.247. The molecule has 2 nitrogen and oxygen atoms in total. The van der Waals surface area contributed by atoms with E-state index in [1.807, 2.05) is 0 Å². The average molecular weight is 268 g/mol. The Morgan fingerprint density at radius 2 is 1.89 bits per heavy atom. The maximum Gasteiger partial charge on any atom is 0.00956 e. The van der Waals surface area contributed by atoms with Crippen LogP contribution < -0.4 is 5.73 Å². The molecule has 1 atom stereocenters. The molecule has 1 unspecified atom stereocenters. The second-order valence-electron chi connectivity index (χ2n) is 8.09. The predicted octanol–water partition coefficient (Wildman–Crippen LogP) is 4.04. The number of hydrogen-bond acceptors (Lipinski definition) is 2. The van der Waals surface area contributed by atoms with Gasteiger partial charge in [0.2, 0.25) is 0 Å². The molecule has 2 N–H and O–H groups in total. The summed E-state index contributed by atoms with van der Waals surface area (Å²) in [7, 11) is 0. The summed E-state index contributed by atoms with van der Waals surface area (Å²) in [5.74, 6) is 0. The van der Waals surface area contributed by atoms with Crippen LogP contribution in [0.25, 0.3) is 0 Å². The summed E-state index contributed by atoms with van der Waals surface area (Å²) in [6.07, 6.45) is 8.16. The molecular formula is C17H36N2. The van der Waals surface area contributed by atoms with E-state index in [1.54, 1.807) is 0 Å². The topological polar surface area (TPSA) is 29.3 Å². The minimum absolute atomic E-state index is 0.247. The third-order valence-electron chi connectivity index (χ3n) is 4.76. The molecule has 1 saturated carbocycles. The molecule has 0 aromatic heterocycles. The molecule has 1 aliphatic rings. The zero-order chi connectivity index (χ0) is 14.5. The lowest BCUT2D eigenvalue weighted by atomic mass is 9.85. The van der Waals surface area contributed by atoms with E-state index in [0.29, 0.717) is 5.41 Å².